The van der Waals surface area contributed by atoms with E-state index in [0.717, 1.165) is 0 Å². The zero-order valence-corrected chi connectivity index (χ0v) is 13.5. The summed E-state index contributed by atoms with van der Waals surface area (Å²) in [5.74, 6) is 0.0156. The molecule has 0 bridgehead atoms. The Labute approximate surface area is 128 Å². The van der Waals surface area contributed by atoms with Gasteiger partial charge >= 0.3 is 0 Å². The maximum absolute atomic E-state index is 12.7. The van der Waals surface area contributed by atoms with Crippen LogP contribution in [0.1, 0.15) is 30.0 Å². The van der Waals surface area contributed by atoms with Crippen LogP contribution in [-0.2, 0) is 17.9 Å². The topological polar surface area (TPSA) is 46.3 Å². The summed E-state index contributed by atoms with van der Waals surface area (Å²) in [4.78, 5) is 16.9. The molecule has 1 atom stereocenters. The minimum atomic E-state index is -0.797. The van der Waals surface area contributed by atoms with Crippen molar-refractivity contribution in [1.29, 1.82) is 0 Å². The van der Waals surface area contributed by atoms with Crippen molar-refractivity contribution in [2.75, 3.05) is 0 Å². The summed E-state index contributed by atoms with van der Waals surface area (Å²) in [5, 5.41) is 4.06. The van der Waals surface area contributed by atoms with Gasteiger partial charge in [0.1, 0.15) is 0 Å². The maximum Gasteiger partial charge on any atom is 0.243 e. The molecule has 0 saturated heterocycles. The molecule has 2 aromatic rings. The van der Waals surface area contributed by atoms with Gasteiger partial charge in [0.15, 0.2) is 0 Å². The molecule has 0 fully saturated rings. The molecule has 0 radical (unpaired) electrons. The number of carbonyl (C=O) groups excluding carboxylic acids is 1. The van der Waals surface area contributed by atoms with Crippen LogP contribution in [-0.4, -0.2) is 16.3 Å². The van der Waals surface area contributed by atoms with E-state index in [9.17, 15) is 4.79 Å². The number of nitrogens with two attached hydrogens (primary N) is 1. The average Bonchev–Trinajstić information content (AvgIpc) is 3.10. The van der Waals surface area contributed by atoms with E-state index in [4.69, 9.17) is 5.73 Å². The first-order valence-electron chi connectivity index (χ1n) is 6.66. The molecular formula is C15H20N2OS2. The number of rotatable bonds is 6. The molecule has 0 saturated carbocycles. The number of carbonyl (C=O) groups is 1. The first-order chi connectivity index (χ1) is 9.53. The number of amides is 1. The largest absolute Gasteiger partial charge is 0.331 e. The molecule has 0 aromatic carbocycles. The molecule has 0 aliphatic heterocycles. The van der Waals surface area contributed by atoms with Crippen LogP contribution in [0.3, 0.4) is 0 Å². The molecule has 2 N–H and O–H groups in total. The molecule has 3 nitrogen and oxygen atoms in total. The monoisotopic (exact) mass is 308 g/mol. The fourth-order valence-corrected chi connectivity index (χ4v) is 3.33. The van der Waals surface area contributed by atoms with Gasteiger partial charge in [0.05, 0.1) is 18.6 Å². The van der Waals surface area contributed by atoms with E-state index in [1.165, 1.54) is 9.75 Å². The van der Waals surface area contributed by atoms with Gasteiger partial charge in [-0.25, -0.2) is 0 Å². The maximum atomic E-state index is 12.7. The molecule has 0 aliphatic carbocycles. The van der Waals surface area contributed by atoms with Gasteiger partial charge in [-0.1, -0.05) is 19.1 Å². The normalized spacial score (nSPS) is 13.9. The first kappa shape index (κ1) is 15.2. The van der Waals surface area contributed by atoms with Crippen molar-refractivity contribution in [3.05, 3.63) is 44.8 Å². The highest BCUT2D eigenvalue weighted by molar-refractivity contribution is 7.10. The molecular weight excluding hydrogens is 288 g/mol. The van der Waals surface area contributed by atoms with Crippen molar-refractivity contribution in [2.45, 2.75) is 38.9 Å². The van der Waals surface area contributed by atoms with Gasteiger partial charge in [-0.3, -0.25) is 4.79 Å². The van der Waals surface area contributed by atoms with Crippen molar-refractivity contribution in [1.82, 2.24) is 4.90 Å². The highest BCUT2D eigenvalue weighted by atomic mass is 32.1. The van der Waals surface area contributed by atoms with Crippen LogP contribution in [0.5, 0.6) is 0 Å². The van der Waals surface area contributed by atoms with Crippen molar-refractivity contribution >= 4 is 28.6 Å². The van der Waals surface area contributed by atoms with Crippen LogP contribution in [0.25, 0.3) is 0 Å². The standard InChI is InChI=1S/C15H20N2OS2/c1-3-15(2,16)14(18)17(10-12-6-4-8-19-12)11-13-7-5-9-20-13/h4-9H,3,10-11,16H2,1-2H3. The Bertz CT molecular complexity index is 496. The molecule has 2 heterocycles. The van der Waals surface area contributed by atoms with Gasteiger partial charge < -0.3 is 10.6 Å². The van der Waals surface area contributed by atoms with Crippen LogP contribution in [0, 0.1) is 0 Å². The Morgan fingerprint density at radius 3 is 2.05 bits per heavy atom. The molecule has 1 unspecified atom stereocenters. The van der Waals surface area contributed by atoms with E-state index in [1.807, 2.05) is 41.6 Å². The lowest BCUT2D eigenvalue weighted by molar-refractivity contribution is -0.137. The predicted octanol–water partition coefficient (Wildman–Crippen LogP) is 3.47. The fraction of sp³-hybridized carbons (Fsp3) is 0.400. The van der Waals surface area contributed by atoms with Gasteiger partial charge in [-0.05, 0) is 36.2 Å². The Hall–Kier alpha value is -1.17. The molecule has 0 spiro atoms. The van der Waals surface area contributed by atoms with Crippen LogP contribution in [0.2, 0.25) is 0 Å². The fourth-order valence-electron chi connectivity index (χ4n) is 1.89. The summed E-state index contributed by atoms with van der Waals surface area (Å²) in [6, 6.07) is 8.13. The zero-order valence-electron chi connectivity index (χ0n) is 11.8. The summed E-state index contributed by atoms with van der Waals surface area (Å²) in [7, 11) is 0. The predicted molar refractivity (Wildman–Crippen MR) is 85.8 cm³/mol. The summed E-state index contributed by atoms with van der Waals surface area (Å²) in [6.07, 6.45) is 0.636. The third-order valence-electron chi connectivity index (χ3n) is 3.36. The Morgan fingerprint density at radius 1 is 1.20 bits per heavy atom. The van der Waals surface area contributed by atoms with Gasteiger partial charge in [0.2, 0.25) is 5.91 Å². The summed E-state index contributed by atoms with van der Waals surface area (Å²) < 4.78 is 0. The van der Waals surface area contributed by atoms with Gasteiger partial charge in [0.25, 0.3) is 0 Å². The lowest BCUT2D eigenvalue weighted by atomic mass is 9.98. The SMILES string of the molecule is CCC(C)(N)C(=O)N(Cc1cccs1)Cc1cccs1. The van der Waals surface area contributed by atoms with E-state index in [-0.39, 0.29) is 5.91 Å². The van der Waals surface area contributed by atoms with E-state index in [2.05, 4.69) is 12.1 Å². The van der Waals surface area contributed by atoms with Gasteiger partial charge in [-0.2, -0.15) is 0 Å². The summed E-state index contributed by atoms with van der Waals surface area (Å²) in [5.41, 5.74) is 5.34. The third-order valence-corrected chi connectivity index (χ3v) is 5.09. The lowest BCUT2D eigenvalue weighted by Crippen LogP contribution is -2.52. The first-order valence-corrected chi connectivity index (χ1v) is 8.42. The molecule has 1 amide bonds. The second-order valence-electron chi connectivity index (χ2n) is 5.09. The van der Waals surface area contributed by atoms with E-state index in [1.54, 1.807) is 22.7 Å². The van der Waals surface area contributed by atoms with Crippen LogP contribution >= 0.6 is 22.7 Å². The van der Waals surface area contributed by atoms with Crippen LogP contribution in [0.15, 0.2) is 35.0 Å². The number of nitrogens with zero attached hydrogens (tertiary/aromatic N) is 1. The van der Waals surface area contributed by atoms with Crippen molar-refractivity contribution in [3.63, 3.8) is 0 Å². The molecule has 5 heteroatoms. The summed E-state index contributed by atoms with van der Waals surface area (Å²) >= 11 is 3.34. The molecule has 20 heavy (non-hydrogen) atoms. The highest BCUT2D eigenvalue weighted by Gasteiger charge is 2.31. The zero-order chi connectivity index (χ0) is 14.6. The average molecular weight is 308 g/mol. The second kappa shape index (κ2) is 6.52. The smallest absolute Gasteiger partial charge is 0.243 e. The van der Waals surface area contributed by atoms with Crippen LogP contribution in [0.4, 0.5) is 0 Å². The number of thiophene rings is 2. The van der Waals surface area contributed by atoms with E-state index in [0.29, 0.717) is 19.5 Å². The van der Waals surface area contributed by atoms with Crippen LogP contribution < -0.4 is 5.73 Å². The van der Waals surface area contributed by atoms with Crippen molar-refractivity contribution in [3.8, 4) is 0 Å². The van der Waals surface area contributed by atoms with Gasteiger partial charge in [-0.15, -0.1) is 22.7 Å². The highest BCUT2D eigenvalue weighted by Crippen LogP contribution is 2.20. The molecule has 2 rings (SSSR count). The third kappa shape index (κ3) is 3.69. The van der Waals surface area contributed by atoms with E-state index < -0.39 is 5.54 Å². The van der Waals surface area contributed by atoms with Crippen molar-refractivity contribution < 1.29 is 4.79 Å². The Morgan fingerprint density at radius 2 is 1.70 bits per heavy atom. The lowest BCUT2D eigenvalue weighted by Gasteiger charge is -2.30. The summed E-state index contributed by atoms with van der Waals surface area (Å²) in [6.45, 7) is 5.01. The number of hydrogen-bond acceptors (Lipinski definition) is 4. The van der Waals surface area contributed by atoms with Gasteiger partial charge in [0, 0.05) is 9.75 Å². The number of hydrogen-bond donors (Lipinski definition) is 1. The minimum Gasteiger partial charge on any atom is -0.331 e. The quantitative estimate of drug-likeness (QED) is 0.888. The van der Waals surface area contributed by atoms with E-state index >= 15 is 0 Å². The Kier molecular flexibility index (Phi) is 4.96. The Balaban J connectivity index is 2.17. The molecule has 2 aromatic heterocycles. The minimum absolute atomic E-state index is 0.0156. The molecule has 108 valence electrons. The second-order valence-corrected chi connectivity index (χ2v) is 7.16. The van der Waals surface area contributed by atoms with Crippen molar-refractivity contribution in [2.24, 2.45) is 5.73 Å². The molecule has 0 aliphatic rings.